The smallest absolute Gasteiger partial charge is 0.165 e. The summed E-state index contributed by atoms with van der Waals surface area (Å²) in [7, 11) is 0. The van der Waals surface area contributed by atoms with E-state index in [4.69, 9.17) is 4.74 Å². The topological polar surface area (TPSA) is 41.5 Å². The predicted molar refractivity (Wildman–Crippen MR) is 80.8 cm³/mol. The van der Waals surface area contributed by atoms with Gasteiger partial charge in [0.25, 0.3) is 0 Å². The third-order valence-corrected chi connectivity index (χ3v) is 3.22. The number of aryl methyl sites for hydroxylation is 1. The summed E-state index contributed by atoms with van der Waals surface area (Å²) in [6.45, 7) is 3.18. The van der Waals surface area contributed by atoms with Crippen molar-refractivity contribution in [3.05, 3.63) is 65.5 Å². The van der Waals surface area contributed by atoms with E-state index in [1.165, 1.54) is 17.2 Å². The number of ether oxygens (including phenoxy) is 1. The van der Waals surface area contributed by atoms with Crippen molar-refractivity contribution < 1.29 is 14.2 Å². The van der Waals surface area contributed by atoms with Crippen LogP contribution < -0.4 is 10.1 Å². The summed E-state index contributed by atoms with van der Waals surface area (Å²) in [5.41, 5.74) is 2.40. The van der Waals surface area contributed by atoms with Crippen LogP contribution in [0, 0.1) is 12.7 Å². The molecular formula is C17H20FNO2. The van der Waals surface area contributed by atoms with E-state index >= 15 is 0 Å². The highest BCUT2D eigenvalue weighted by molar-refractivity contribution is 5.25. The highest BCUT2D eigenvalue weighted by atomic mass is 19.1. The van der Waals surface area contributed by atoms with Gasteiger partial charge in [-0.15, -0.1) is 0 Å². The second-order valence-corrected chi connectivity index (χ2v) is 4.95. The Hall–Kier alpha value is -1.91. The van der Waals surface area contributed by atoms with Crippen molar-refractivity contribution >= 4 is 0 Å². The minimum Gasteiger partial charge on any atom is -0.488 e. The first-order chi connectivity index (χ1) is 10.2. The molecule has 0 heterocycles. The second-order valence-electron chi connectivity index (χ2n) is 4.95. The average molecular weight is 289 g/mol. The van der Waals surface area contributed by atoms with E-state index in [9.17, 15) is 9.50 Å². The van der Waals surface area contributed by atoms with Crippen molar-refractivity contribution in [3.8, 4) is 5.75 Å². The molecule has 1 unspecified atom stereocenters. The maximum atomic E-state index is 13.3. The summed E-state index contributed by atoms with van der Waals surface area (Å²) < 4.78 is 18.6. The van der Waals surface area contributed by atoms with E-state index in [1.807, 2.05) is 18.2 Å². The number of hydrogen-bond acceptors (Lipinski definition) is 3. The molecule has 3 nitrogen and oxygen atoms in total. The molecule has 2 rings (SSSR count). The molecule has 0 aromatic heterocycles. The van der Waals surface area contributed by atoms with Gasteiger partial charge in [-0.2, -0.15) is 0 Å². The fourth-order valence-corrected chi connectivity index (χ4v) is 1.99. The monoisotopic (exact) mass is 289 g/mol. The first kappa shape index (κ1) is 15.5. The van der Waals surface area contributed by atoms with E-state index in [-0.39, 0.29) is 12.4 Å². The van der Waals surface area contributed by atoms with E-state index in [0.717, 1.165) is 0 Å². The minimum atomic E-state index is -0.686. The summed E-state index contributed by atoms with van der Waals surface area (Å²) in [5, 5.41) is 13.0. The molecule has 1 atom stereocenters. The Labute approximate surface area is 124 Å². The van der Waals surface area contributed by atoms with Gasteiger partial charge in [0.1, 0.15) is 12.7 Å². The average Bonchev–Trinajstić information content (AvgIpc) is 2.48. The van der Waals surface area contributed by atoms with Crippen molar-refractivity contribution in [1.82, 2.24) is 5.32 Å². The largest absolute Gasteiger partial charge is 0.488 e. The molecule has 0 saturated carbocycles. The number of nitrogens with one attached hydrogen (secondary N) is 1. The molecule has 0 aliphatic heterocycles. The molecule has 0 spiro atoms. The highest BCUT2D eigenvalue weighted by Gasteiger charge is 2.07. The lowest BCUT2D eigenvalue weighted by molar-refractivity contribution is 0.104. The van der Waals surface area contributed by atoms with Gasteiger partial charge in [0.15, 0.2) is 11.6 Å². The van der Waals surface area contributed by atoms with Gasteiger partial charge >= 0.3 is 0 Å². The molecule has 0 amide bonds. The molecule has 21 heavy (non-hydrogen) atoms. The molecule has 2 aromatic rings. The number of rotatable bonds is 7. The van der Waals surface area contributed by atoms with Gasteiger partial charge in [-0.3, -0.25) is 0 Å². The van der Waals surface area contributed by atoms with Crippen molar-refractivity contribution in [2.45, 2.75) is 19.6 Å². The lowest BCUT2D eigenvalue weighted by Crippen LogP contribution is -2.31. The zero-order chi connectivity index (χ0) is 15.1. The van der Waals surface area contributed by atoms with Gasteiger partial charge in [-0.05, 0) is 30.2 Å². The minimum absolute atomic E-state index is 0.0572. The van der Waals surface area contributed by atoms with Gasteiger partial charge in [0.2, 0.25) is 0 Å². The van der Waals surface area contributed by atoms with Crippen LogP contribution in [0.15, 0.2) is 48.5 Å². The lowest BCUT2D eigenvalue weighted by atomic mass is 10.1. The number of halogens is 1. The van der Waals surface area contributed by atoms with Gasteiger partial charge in [0, 0.05) is 13.1 Å². The zero-order valence-electron chi connectivity index (χ0n) is 12.1. The number of aliphatic hydroxyl groups excluding tert-OH is 1. The third kappa shape index (κ3) is 4.85. The fourth-order valence-electron chi connectivity index (χ4n) is 1.99. The Kier molecular flexibility index (Phi) is 5.72. The normalized spacial score (nSPS) is 12.1. The van der Waals surface area contributed by atoms with Crippen LogP contribution in [0.4, 0.5) is 4.39 Å². The third-order valence-electron chi connectivity index (χ3n) is 3.22. The van der Waals surface area contributed by atoms with Crippen LogP contribution >= 0.6 is 0 Å². The van der Waals surface area contributed by atoms with Crippen LogP contribution in [0.1, 0.15) is 11.1 Å². The van der Waals surface area contributed by atoms with Crippen LogP contribution in [-0.2, 0) is 6.54 Å². The molecule has 0 fully saturated rings. The molecule has 112 valence electrons. The quantitative estimate of drug-likeness (QED) is 0.823. The summed E-state index contributed by atoms with van der Waals surface area (Å²) >= 11 is 0. The van der Waals surface area contributed by atoms with Crippen molar-refractivity contribution in [2.75, 3.05) is 13.2 Å². The first-order valence-electron chi connectivity index (χ1n) is 6.97. The van der Waals surface area contributed by atoms with E-state index in [0.29, 0.717) is 13.1 Å². The first-order valence-corrected chi connectivity index (χ1v) is 6.97. The van der Waals surface area contributed by atoms with Crippen LogP contribution in [-0.4, -0.2) is 24.4 Å². The Balaban J connectivity index is 1.72. The Morgan fingerprint density at radius 1 is 1.14 bits per heavy atom. The number of hydrogen-bond donors (Lipinski definition) is 2. The molecule has 0 radical (unpaired) electrons. The number of benzene rings is 2. The molecule has 0 saturated heterocycles. The van der Waals surface area contributed by atoms with Crippen LogP contribution in [0.25, 0.3) is 0 Å². The van der Waals surface area contributed by atoms with Crippen LogP contribution in [0.5, 0.6) is 5.75 Å². The summed E-state index contributed by atoms with van der Waals surface area (Å²) in [6, 6.07) is 14.3. The summed E-state index contributed by atoms with van der Waals surface area (Å²) in [6.07, 6.45) is -0.686. The van der Waals surface area contributed by atoms with Crippen LogP contribution in [0.2, 0.25) is 0 Å². The molecular weight excluding hydrogens is 269 g/mol. The van der Waals surface area contributed by atoms with Gasteiger partial charge in [0.05, 0.1) is 0 Å². The predicted octanol–water partition coefficient (Wildman–Crippen LogP) is 2.66. The highest BCUT2D eigenvalue weighted by Crippen LogP contribution is 2.15. The van der Waals surface area contributed by atoms with E-state index < -0.39 is 11.9 Å². The maximum Gasteiger partial charge on any atom is 0.165 e. The molecule has 4 heteroatoms. The number of aliphatic hydroxyl groups is 1. The fraction of sp³-hybridized carbons (Fsp3) is 0.294. The van der Waals surface area contributed by atoms with Crippen molar-refractivity contribution in [2.24, 2.45) is 0 Å². The summed E-state index contributed by atoms with van der Waals surface area (Å²) in [4.78, 5) is 0. The van der Waals surface area contributed by atoms with E-state index in [1.54, 1.807) is 18.2 Å². The van der Waals surface area contributed by atoms with Gasteiger partial charge in [-0.25, -0.2) is 4.39 Å². The Bertz CT molecular complexity index is 574. The molecule has 2 aromatic carbocycles. The lowest BCUT2D eigenvalue weighted by Gasteiger charge is -2.14. The van der Waals surface area contributed by atoms with Gasteiger partial charge in [-0.1, -0.05) is 36.4 Å². The number of para-hydroxylation sites is 1. The molecule has 2 N–H and O–H groups in total. The van der Waals surface area contributed by atoms with Crippen LogP contribution in [0.3, 0.4) is 0 Å². The van der Waals surface area contributed by atoms with Crippen molar-refractivity contribution in [1.29, 1.82) is 0 Å². The van der Waals surface area contributed by atoms with Crippen molar-refractivity contribution in [3.63, 3.8) is 0 Å². The maximum absolute atomic E-state index is 13.3. The standard InChI is InChI=1S/C17H20FNO2/c1-13-6-2-3-7-14(13)10-19-11-15(20)12-21-17-9-5-4-8-16(17)18/h2-9,15,19-20H,10-12H2,1H3. The van der Waals surface area contributed by atoms with Gasteiger partial charge < -0.3 is 15.2 Å². The molecule has 0 bridgehead atoms. The SMILES string of the molecule is Cc1ccccc1CNCC(O)COc1ccccc1F. The molecule has 0 aliphatic rings. The molecule has 0 aliphatic carbocycles. The van der Waals surface area contributed by atoms with E-state index in [2.05, 4.69) is 18.3 Å². The Morgan fingerprint density at radius 2 is 1.86 bits per heavy atom. The summed E-state index contributed by atoms with van der Waals surface area (Å²) in [5.74, 6) is -0.256. The Morgan fingerprint density at radius 3 is 2.62 bits per heavy atom. The zero-order valence-corrected chi connectivity index (χ0v) is 12.1. The second kappa shape index (κ2) is 7.76.